The zero-order chi connectivity index (χ0) is 11.9. The summed E-state index contributed by atoms with van der Waals surface area (Å²) in [5, 5.41) is 2.65. The maximum Gasteiger partial charge on any atom is 0.331 e. The number of halogens is 1. The Morgan fingerprint density at radius 1 is 1.44 bits per heavy atom. The van der Waals surface area contributed by atoms with Gasteiger partial charge in [-0.25, -0.2) is 4.79 Å². The van der Waals surface area contributed by atoms with Crippen LogP contribution >= 0.6 is 12.4 Å². The Labute approximate surface area is 103 Å². The third kappa shape index (κ3) is 5.32. The number of amides is 1. The van der Waals surface area contributed by atoms with Crippen LogP contribution in [-0.4, -0.2) is 31.1 Å². The molecule has 0 bridgehead atoms. The van der Waals surface area contributed by atoms with E-state index in [-0.39, 0.29) is 31.3 Å². The van der Waals surface area contributed by atoms with Crippen LogP contribution in [0.5, 0.6) is 0 Å². The van der Waals surface area contributed by atoms with Crippen molar-refractivity contribution in [1.82, 2.24) is 5.32 Å². The van der Waals surface area contributed by atoms with E-state index in [0.717, 1.165) is 6.42 Å². The number of hydrogen-bond donors (Lipinski definition) is 2. The second-order valence-electron chi connectivity index (χ2n) is 3.66. The van der Waals surface area contributed by atoms with E-state index in [2.05, 4.69) is 10.1 Å². The van der Waals surface area contributed by atoms with Gasteiger partial charge in [0, 0.05) is 13.0 Å². The molecular weight excluding hydrogens is 232 g/mol. The minimum atomic E-state index is -0.935. The highest BCUT2D eigenvalue weighted by Crippen LogP contribution is 2.14. The molecule has 0 aliphatic rings. The van der Waals surface area contributed by atoms with Gasteiger partial charge in [-0.05, 0) is 13.3 Å². The van der Waals surface area contributed by atoms with Crippen molar-refractivity contribution in [1.29, 1.82) is 0 Å². The van der Waals surface area contributed by atoms with Crippen molar-refractivity contribution >= 4 is 24.3 Å². The number of ether oxygens (including phenoxy) is 1. The number of esters is 1. The van der Waals surface area contributed by atoms with E-state index in [4.69, 9.17) is 5.73 Å². The standard InChI is InChI=1S/C10H20N2O3.ClH/c1-4-6-10(2,9(14)15-3)12-8(13)5-7-11;/h4-7,11H2,1-3H3,(H,12,13);1H. The number of nitrogens with two attached hydrogens (primary N) is 1. The Morgan fingerprint density at radius 3 is 2.38 bits per heavy atom. The van der Waals surface area contributed by atoms with Crippen LogP contribution in [0.1, 0.15) is 33.1 Å². The molecule has 16 heavy (non-hydrogen) atoms. The Kier molecular flexibility index (Phi) is 9.18. The average Bonchev–Trinajstić information content (AvgIpc) is 2.17. The molecule has 0 aromatic rings. The molecule has 0 aromatic carbocycles. The lowest BCUT2D eigenvalue weighted by Crippen LogP contribution is -2.53. The van der Waals surface area contributed by atoms with Crippen LogP contribution < -0.4 is 11.1 Å². The molecule has 0 radical (unpaired) electrons. The molecule has 0 aliphatic heterocycles. The third-order valence-electron chi connectivity index (χ3n) is 2.17. The number of nitrogens with one attached hydrogen (secondary N) is 1. The van der Waals surface area contributed by atoms with E-state index in [1.165, 1.54) is 7.11 Å². The summed E-state index contributed by atoms with van der Waals surface area (Å²) in [6, 6.07) is 0. The average molecular weight is 253 g/mol. The van der Waals surface area contributed by atoms with E-state index in [9.17, 15) is 9.59 Å². The molecule has 3 N–H and O–H groups in total. The summed E-state index contributed by atoms with van der Waals surface area (Å²) < 4.78 is 4.66. The molecule has 0 heterocycles. The lowest BCUT2D eigenvalue weighted by molar-refractivity contribution is -0.150. The van der Waals surface area contributed by atoms with Crippen molar-refractivity contribution in [3.05, 3.63) is 0 Å². The second-order valence-corrected chi connectivity index (χ2v) is 3.66. The van der Waals surface area contributed by atoms with Gasteiger partial charge in [0.1, 0.15) is 5.54 Å². The van der Waals surface area contributed by atoms with Gasteiger partial charge in [0.2, 0.25) is 5.91 Å². The molecule has 5 nitrogen and oxygen atoms in total. The molecule has 0 fully saturated rings. The molecule has 1 unspecified atom stereocenters. The fourth-order valence-electron chi connectivity index (χ4n) is 1.44. The van der Waals surface area contributed by atoms with Gasteiger partial charge < -0.3 is 15.8 Å². The Morgan fingerprint density at radius 2 is 2.00 bits per heavy atom. The van der Waals surface area contributed by atoms with Crippen molar-refractivity contribution in [3.63, 3.8) is 0 Å². The van der Waals surface area contributed by atoms with Gasteiger partial charge in [-0.2, -0.15) is 0 Å². The van der Waals surface area contributed by atoms with Crippen LogP contribution in [0.15, 0.2) is 0 Å². The van der Waals surface area contributed by atoms with Gasteiger partial charge in [0.15, 0.2) is 0 Å². The van der Waals surface area contributed by atoms with Crippen LogP contribution in [0.2, 0.25) is 0 Å². The monoisotopic (exact) mass is 252 g/mol. The summed E-state index contributed by atoms with van der Waals surface area (Å²) in [5.41, 5.74) is 4.32. The largest absolute Gasteiger partial charge is 0.467 e. The van der Waals surface area contributed by atoms with E-state index < -0.39 is 11.5 Å². The van der Waals surface area contributed by atoms with Gasteiger partial charge >= 0.3 is 5.97 Å². The summed E-state index contributed by atoms with van der Waals surface area (Å²) in [7, 11) is 1.31. The predicted octanol–water partition coefficient (Wildman–Crippen LogP) is 0.605. The van der Waals surface area contributed by atoms with Gasteiger partial charge in [-0.15, -0.1) is 12.4 Å². The molecule has 1 atom stereocenters. The predicted molar refractivity (Wildman–Crippen MR) is 64.4 cm³/mol. The number of hydrogen-bond acceptors (Lipinski definition) is 4. The summed E-state index contributed by atoms with van der Waals surface area (Å²) in [4.78, 5) is 22.9. The van der Waals surface area contributed by atoms with E-state index in [0.29, 0.717) is 6.42 Å². The van der Waals surface area contributed by atoms with Crippen LogP contribution in [0.3, 0.4) is 0 Å². The first-order valence-corrected chi connectivity index (χ1v) is 5.09. The third-order valence-corrected chi connectivity index (χ3v) is 2.17. The highest BCUT2D eigenvalue weighted by atomic mass is 35.5. The molecule has 0 aromatic heterocycles. The normalized spacial score (nSPS) is 13.2. The summed E-state index contributed by atoms with van der Waals surface area (Å²) >= 11 is 0. The molecule has 0 rings (SSSR count). The number of rotatable bonds is 6. The summed E-state index contributed by atoms with van der Waals surface area (Å²) in [6.45, 7) is 3.88. The summed E-state index contributed by atoms with van der Waals surface area (Å²) in [6.07, 6.45) is 1.56. The van der Waals surface area contributed by atoms with Crippen LogP contribution in [0.4, 0.5) is 0 Å². The molecule has 0 aliphatic carbocycles. The molecule has 1 amide bonds. The molecule has 96 valence electrons. The maximum atomic E-state index is 11.5. The van der Waals surface area contributed by atoms with Crippen LogP contribution in [0, 0.1) is 0 Å². The quantitative estimate of drug-likeness (QED) is 0.679. The number of carbonyl (C=O) groups excluding carboxylic acids is 2. The van der Waals surface area contributed by atoms with Crippen molar-refractivity contribution in [3.8, 4) is 0 Å². The van der Waals surface area contributed by atoms with Gasteiger partial charge in [-0.3, -0.25) is 4.79 Å². The SMILES string of the molecule is CCCC(C)(NC(=O)CCN)C(=O)OC.Cl. The zero-order valence-corrected chi connectivity index (χ0v) is 10.9. The lowest BCUT2D eigenvalue weighted by Gasteiger charge is -2.27. The molecule has 0 saturated carbocycles. The molecular formula is C10H21ClN2O3. The highest BCUT2D eigenvalue weighted by Gasteiger charge is 2.34. The molecule has 0 spiro atoms. The Balaban J connectivity index is 0. The van der Waals surface area contributed by atoms with Crippen LogP contribution in [0.25, 0.3) is 0 Å². The zero-order valence-electron chi connectivity index (χ0n) is 10.0. The van der Waals surface area contributed by atoms with Crippen molar-refractivity contribution in [2.24, 2.45) is 5.73 Å². The van der Waals surface area contributed by atoms with Crippen molar-refractivity contribution in [2.75, 3.05) is 13.7 Å². The smallest absolute Gasteiger partial charge is 0.331 e. The first-order valence-electron chi connectivity index (χ1n) is 5.09. The fourth-order valence-corrected chi connectivity index (χ4v) is 1.44. The number of carbonyl (C=O) groups is 2. The first kappa shape index (κ1) is 17.6. The maximum absolute atomic E-state index is 11.5. The van der Waals surface area contributed by atoms with E-state index in [1.807, 2.05) is 6.92 Å². The second kappa shape index (κ2) is 8.35. The Hall–Kier alpha value is -0.810. The minimum Gasteiger partial charge on any atom is -0.467 e. The van der Waals surface area contributed by atoms with Crippen molar-refractivity contribution < 1.29 is 14.3 Å². The topological polar surface area (TPSA) is 81.4 Å². The highest BCUT2D eigenvalue weighted by molar-refractivity contribution is 5.87. The first-order chi connectivity index (χ1) is 7.00. The van der Waals surface area contributed by atoms with Crippen LogP contribution in [-0.2, 0) is 14.3 Å². The summed E-state index contributed by atoms with van der Waals surface area (Å²) in [5.74, 6) is -0.645. The molecule has 0 saturated heterocycles. The van der Waals surface area contributed by atoms with Gasteiger partial charge in [-0.1, -0.05) is 13.3 Å². The lowest BCUT2D eigenvalue weighted by atomic mass is 9.96. The number of methoxy groups -OCH3 is 1. The minimum absolute atomic E-state index is 0. The van der Waals surface area contributed by atoms with Gasteiger partial charge in [0.25, 0.3) is 0 Å². The fraction of sp³-hybridized carbons (Fsp3) is 0.800. The van der Waals surface area contributed by atoms with Gasteiger partial charge in [0.05, 0.1) is 7.11 Å². The Bertz CT molecular complexity index is 236. The van der Waals surface area contributed by atoms with E-state index >= 15 is 0 Å². The van der Waals surface area contributed by atoms with Crippen molar-refractivity contribution in [2.45, 2.75) is 38.6 Å². The molecule has 6 heteroatoms. The van der Waals surface area contributed by atoms with E-state index in [1.54, 1.807) is 6.92 Å².